The van der Waals surface area contributed by atoms with E-state index in [9.17, 15) is 4.79 Å². The summed E-state index contributed by atoms with van der Waals surface area (Å²) < 4.78 is 0. The van der Waals surface area contributed by atoms with Crippen molar-refractivity contribution >= 4 is 23.4 Å². The molecule has 4 nitrogen and oxygen atoms in total. The minimum Gasteiger partial charge on any atom is -0.477 e. The lowest BCUT2D eigenvalue weighted by molar-refractivity contribution is -0.132. The first-order chi connectivity index (χ1) is 16.0. The van der Waals surface area contributed by atoms with Crippen molar-refractivity contribution in [1.82, 2.24) is 0 Å². The molecule has 4 heteroatoms. The van der Waals surface area contributed by atoms with E-state index >= 15 is 0 Å². The Hall–Kier alpha value is -3.32. The van der Waals surface area contributed by atoms with E-state index in [2.05, 4.69) is 66.4 Å². The molecule has 0 fully saturated rings. The lowest BCUT2D eigenvalue weighted by Gasteiger charge is -2.27. The van der Waals surface area contributed by atoms with Crippen LogP contribution >= 0.6 is 0 Å². The molecule has 0 amide bonds. The van der Waals surface area contributed by atoms with Crippen molar-refractivity contribution in [2.24, 2.45) is 5.92 Å². The van der Waals surface area contributed by atoms with E-state index in [0.29, 0.717) is 6.42 Å². The first-order valence-corrected chi connectivity index (χ1v) is 12.0. The van der Waals surface area contributed by atoms with Gasteiger partial charge in [0.15, 0.2) is 0 Å². The molecule has 1 atom stereocenters. The fourth-order valence-electron chi connectivity index (χ4n) is 4.42. The molecule has 0 saturated carbocycles. The molecule has 0 bridgehead atoms. The molecule has 1 N–H and O–H groups in total. The highest BCUT2D eigenvalue weighted by atomic mass is 16.4. The minimum atomic E-state index is -1.17. The molecule has 1 unspecified atom stereocenters. The van der Waals surface area contributed by atoms with Gasteiger partial charge < -0.3 is 10.0 Å². The van der Waals surface area contributed by atoms with Gasteiger partial charge in [-0.25, -0.2) is 4.79 Å². The topological polar surface area (TPSA) is 64.3 Å². The monoisotopic (exact) mass is 442 g/mol. The summed E-state index contributed by atoms with van der Waals surface area (Å²) in [6.45, 7) is 5.21. The van der Waals surface area contributed by atoms with Crippen LogP contribution in [0.15, 0.2) is 60.2 Å². The van der Waals surface area contributed by atoms with Crippen molar-refractivity contribution in [2.75, 3.05) is 11.4 Å². The summed E-state index contributed by atoms with van der Waals surface area (Å²) >= 11 is 0. The van der Waals surface area contributed by atoms with Crippen LogP contribution in [0.2, 0.25) is 0 Å². The fraction of sp³-hybridized carbons (Fsp3) is 0.379. The third-order valence-corrected chi connectivity index (χ3v) is 6.20. The maximum Gasteiger partial charge on any atom is 0.346 e. The van der Waals surface area contributed by atoms with Crippen LogP contribution in [-0.2, 0) is 17.6 Å². The molecule has 2 aromatic rings. The summed E-state index contributed by atoms with van der Waals surface area (Å²) in [4.78, 5) is 13.5. The second-order valence-corrected chi connectivity index (χ2v) is 8.84. The molecule has 1 heterocycles. The van der Waals surface area contributed by atoms with Crippen molar-refractivity contribution in [3.8, 4) is 6.07 Å². The second kappa shape index (κ2) is 12.1. The quantitative estimate of drug-likeness (QED) is 0.243. The Morgan fingerprint density at radius 2 is 1.88 bits per heavy atom. The van der Waals surface area contributed by atoms with E-state index in [4.69, 9.17) is 10.4 Å². The van der Waals surface area contributed by atoms with Crippen LogP contribution in [0, 0.1) is 17.2 Å². The Kier molecular flexibility index (Phi) is 8.89. The molecule has 0 aliphatic carbocycles. The molecule has 0 spiro atoms. The standard InChI is InChI=1S/C29H34N2O2/c1-3-4-5-8-18-31-27-13-7-6-12-24(27)15-16-25-20-23(14-17-28(25)31)11-9-10-22(2)19-26(21-30)29(32)33/h6-7,9,11-14,17,19-20,22H,3-5,8,10,15-16,18H2,1-2H3,(H,32,33)/b11-9+,26-19+. The van der Waals surface area contributed by atoms with Gasteiger partial charge in [0.1, 0.15) is 11.6 Å². The maximum absolute atomic E-state index is 11.0. The normalized spacial score (nSPS) is 14.3. The van der Waals surface area contributed by atoms with E-state index in [-0.39, 0.29) is 11.5 Å². The van der Waals surface area contributed by atoms with E-state index in [1.165, 1.54) is 54.3 Å². The van der Waals surface area contributed by atoms with Crippen LogP contribution in [0.5, 0.6) is 0 Å². The smallest absolute Gasteiger partial charge is 0.346 e. The zero-order valence-electron chi connectivity index (χ0n) is 19.8. The number of hydrogen-bond acceptors (Lipinski definition) is 3. The Morgan fingerprint density at radius 1 is 1.12 bits per heavy atom. The van der Waals surface area contributed by atoms with Gasteiger partial charge in [0.25, 0.3) is 0 Å². The Morgan fingerprint density at radius 3 is 2.64 bits per heavy atom. The number of allylic oxidation sites excluding steroid dienone is 2. The Balaban J connectivity index is 1.77. The van der Waals surface area contributed by atoms with Crippen molar-refractivity contribution in [2.45, 2.75) is 58.8 Å². The van der Waals surface area contributed by atoms with Crippen LogP contribution < -0.4 is 4.90 Å². The number of aryl methyl sites for hydroxylation is 2. The van der Waals surface area contributed by atoms with Crippen molar-refractivity contribution < 1.29 is 9.90 Å². The average Bonchev–Trinajstić information content (AvgIpc) is 2.97. The number of hydrogen-bond donors (Lipinski definition) is 1. The van der Waals surface area contributed by atoms with Crippen molar-refractivity contribution in [1.29, 1.82) is 5.26 Å². The van der Waals surface area contributed by atoms with E-state index in [1.54, 1.807) is 6.07 Å². The summed E-state index contributed by atoms with van der Waals surface area (Å²) in [5, 5.41) is 17.9. The number of carboxylic acids is 1. The van der Waals surface area contributed by atoms with E-state index < -0.39 is 5.97 Å². The van der Waals surface area contributed by atoms with Gasteiger partial charge in [0.05, 0.1) is 0 Å². The summed E-state index contributed by atoms with van der Waals surface area (Å²) in [7, 11) is 0. The van der Waals surface area contributed by atoms with Gasteiger partial charge in [0.2, 0.25) is 0 Å². The van der Waals surface area contributed by atoms with Crippen LogP contribution in [0.25, 0.3) is 6.08 Å². The number of rotatable bonds is 10. The van der Waals surface area contributed by atoms with Crippen LogP contribution in [0.4, 0.5) is 11.4 Å². The van der Waals surface area contributed by atoms with Gasteiger partial charge in [-0.3, -0.25) is 0 Å². The number of para-hydroxylation sites is 1. The first kappa shape index (κ1) is 24.3. The first-order valence-electron chi connectivity index (χ1n) is 12.0. The number of benzene rings is 2. The number of fused-ring (bicyclic) bond motifs is 2. The fourth-order valence-corrected chi connectivity index (χ4v) is 4.42. The zero-order valence-corrected chi connectivity index (χ0v) is 19.8. The molecule has 33 heavy (non-hydrogen) atoms. The third kappa shape index (κ3) is 6.58. The second-order valence-electron chi connectivity index (χ2n) is 8.84. The van der Waals surface area contributed by atoms with Crippen molar-refractivity contribution in [3.05, 3.63) is 76.9 Å². The average molecular weight is 443 g/mol. The third-order valence-electron chi connectivity index (χ3n) is 6.20. The van der Waals surface area contributed by atoms with Gasteiger partial charge in [-0.05, 0) is 66.5 Å². The number of aliphatic carboxylic acids is 1. The molecule has 0 saturated heterocycles. The number of anilines is 2. The highest BCUT2D eigenvalue weighted by molar-refractivity contribution is 5.91. The molecule has 0 aromatic heterocycles. The lowest BCUT2D eigenvalue weighted by atomic mass is 10.0. The number of unbranched alkanes of at least 4 members (excludes halogenated alkanes) is 3. The van der Waals surface area contributed by atoms with E-state index in [1.807, 2.05) is 6.92 Å². The molecule has 2 aromatic carbocycles. The SMILES string of the molecule is CCCCCCN1c2ccccc2CCc2cc(/C=C/CC(C)/C=C(\C#N)C(=O)O)ccc21. The minimum absolute atomic E-state index is 0.0130. The highest BCUT2D eigenvalue weighted by Crippen LogP contribution is 2.37. The summed E-state index contributed by atoms with van der Waals surface area (Å²) in [5.41, 5.74) is 6.39. The van der Waals surface area contributed by atoms with Crippen LogP contribution in [0.3, 0.4) is 0 Å². The zero-order chi connectivity index (χ0) is 23.6. The number of nitriles is 1. The van der Waals surface area contributed by atoms with Crippen LogP contribution in [0.1, 0.15) is 62.6 Å². The van der Waals surface area contributed by atoms with Crippen molar-refractivity contribution in [3.63, 3.8) is 0 Å². The molecule has 1 aliphatic rings. The molecule has 1 aliphatic heterocycles. The summed E-state index contributed by atoms with van der Waals surface area (Å²) in [6, 6.07) is 17.2. The number of nitrogens with zero attached hydrogens (tertiary/aromatic N) is 2. The Bertz CT molecular complexity index is 1060. The molecular formula is C29H34N2O2. The number of carboxylic acid groups (broad SMARTS) is 1. The van der Waals surface area contributed by atoms with Crippen LogP contribution in [-0.4, -0.2) is 17.6 Å². The predicted molar refractivity (Wildman–Crippen MR) is 136 cm³/mol. The summed E-state index contributed by atoms with van der Waals surface area (Å²) in [6.07, 6.45) is 13.4. The maximum atomic E-state index is 11.0. The molecule has 172 valence electrons. The van der Waals surface area contributed by atoms with Gasteiger partial charge in [-0.2, -0.15) is 5.26 Å². The largest absolute Gasteiger partial charge is 0.477 e. The predicted octanol–water partition coefficient (Wildman–Crippen LogP) is 7.08. The van der Waals surface area contributed by atoms with Gasteiger partial charge in [-0.15, -0.1) is 0 Å². The van der Waals surface area contributed by atoms with Gasteiger partial charge in [-0.1, -0.05) is 75.6 Å². The van der Waals surface area contributed by atoms with Gasteiger partial charge in [0, 0.05) is 17.9 Å². The number of carbonyl (C=O) groups is 1. The van der Waals surface area contributed by atoms with Gasteiger partial charge >= 0.3 is 5.97 Å². The lowest BCUT2D eigenvalue weighted by Crippen LogP contribution is -2.19. The Labute approximate surface area is 197 Å². The molecule has 3 rings (SSSR count). The molecule has 0 radical (unpaired) electrons. The van der Waals surface area contributed by atoms with E-state index in [0.717, 1.165) is 24.9 Å². The highest BCUT2D eigenvalue weighted by Gasteiger charge is 2.20. The molecular weight excluding hydrogens is 408 g/mol. The summed E-state index contributed by atoms with van der Waals surface area (Å²) in [5.74, 6) is -1.18.